The molecule has 1 aromatic heterocycles. The Morgan fingerprint density at radius 3 is 2.58 bits per heavy atom. The number of aliphatic imine (C=N–C) groups is 1. The van der Waals surface area contributed by atoms with Crippen molar-refractivity contribution in [3.05, 3.63) is 83.9 Å². The molecule has 0 spiro atoms. The number of benzodiazepines with no additional fused rings is 1. The fourth-order valence-electron chi connectivity index (χ4n) is 3.38. The number of para-hydroxylation sites is 1. The molecular formula is C22H21FN6O2. The van der Waals surface area contributed by atoms with Crippen molar-refractivity contribution < 1.29 is 14.0 Å². The lowest BCUT2D eigenvalue weighted by atomic mass is 10.00. The van der Waals surface area contributed by atoms with E-state index in [-0.39, 0.29) is 5.56 Å². The molecule has 158 valence electrons. The molecule has 4 rings (SSSR count). The van der Waals surface area contributed by atoms with E-state index in [0.717, 1.165) is 0 Å². The maximum absolute atomic E-state index is 14.6. The summed E-state index contributed by atoms with van der Waals surface area (Å²) in [7, 11) is 1.60. The van der Waals surface area contributed by atoms with E-state index in [0.29, 0.717) is 30.1 Å². The molecule has 0 aliphatic carbocycles. The average Bonchev–Trinajstić information content (AvgIpc) is 3.27. The third-order valence-electron chi connectivity index (χ3n) is 4.93. The largest absolute Gasteiger partial charge is 0.336 e. The number of aromatic nitrogens is 2. The Labute approximate surface area is 178 Å². The van der Waals surface area contributed by atoms with Crippen LogP contribution in [0.1, 0.15) is 11.1 Å². The number of amides is 3. The van der Waals surface area contributed by atoms with Crippen LogP contribution in [0.3, 0.4) is 0 Å². The second-order valence-corrected chi connectivity index (χ2v) is 6.94. The van der Waals surface area contributed by atoms with Crippen LogP contribution in [0.4, 0.5) is 14.9 Å². The van der Waals surface area contributed by atoms with Gasteiger partial charge in [0.05, 0.1) is 17.9 Å². The minimum absolute atomic E-state index is 0.254. The monoisotopic (exact) mass is 420 g/mol. The van der Waals surface area contributed by atoms with Gasteiger partial charge in [-0.15, -0.1) is 0 Å². The molecule has 0 saturated carbocycles. The fraction of sp³-hybridized carbons (Fsp3) is 0.182. The Hall–Kier alpha value is -4.01. The summed E-state index contributed by atoms with van der Waals surface area (Å²) in [6.45, 7) is 0.794. The van der Waals surface area contributed by atoms with E-state index >= 15 is 0 Å². The molecule has 8 nitrogen and oxygen atoms in total. The number of nitrogens with zero attached hydrogens (tertiary/aromatic N) is 4. The molecule has 2 N–H and O–H groups in total. The van der Waals surface area contributed by atoms with Gasteiger partial charge in [-0.25, -0.2) is 14.2 Å². The normalized spacial score (nSPS) is 15.7. The van der Waals surface area contributed by atoms with Gasteiger partial charge in [-0.05, 0) is 24.3 Å². The van der Waals surface area contributed by atoms with Gasteiger partial charge in [-0.3, -0.25) is 9.48 Å². The van der Waals surface area contributed by atoms with Gasteiger partial charge in [0.25, 0.3) is 5.91 Å². The van der Waals surface area contributed by atoms with E-state index in [9.17, 15) is 14.0 Å². The van der Waals surface area contributed by atoms with E-state index in [4.69, 9.17) is 0 Å². The van der Waals surface area contributed by atoms with Crippen molar-refractivity contribution in [3.8, 4) is 0 Å². The summed E-state index contributed by atoms with van der Waals surface area (Å²) < 4.78 is 16.3. The minimum atomic E-state index is -1.21. The van der Waals surface area contributed by atoms with Gasteiger partial charge in [-0.2, -0.15) is 5.10 Å². The molecule has 1 unspecified atom stereocenters. The van der Waals surface area contributed by atoms with Crippen LogP contribution in [0.25, 0.3) is 0 Å². The molecule has 1 aliphatic heterocycles. The zero-order chi connectivity index (χ0) is 21.8. The van der Waals surface area contributed by atoms with Gasteiger partial charge in [0, 0.05) is 37.1 Å². The Kier molecular flexibility index (Phi) is 5.74. The second-order valence-electron chi connectivity index (χ2n) is 6.94. The summed E-state index contributed by atoms with van der Waals surface area (Å²) in [6.07, 6.45) is 2.22. The lowest BCUT2D eigenvalue weighted by Crippen LogP contribution is -2.49. The van der Waals surface area contributed by atoms with E-state index < -0.39 is 23.9 Å². The zero-order valence-corrected chi connectivity index (χ0v) is 16.8. The molecule has 1 aliphatic rings. The molecule has 3 amide bonds. The molecule has 0 bridgehead atoms. The van der Waals surface area contributed by atoms with Crippen molar-refractivity contribution in [2.24, 2.45) is 4.99 Å². The van der Waals surface area contributed by atoms with E-state index in [2.05, 4.69) is 20.7 Å². The first-order valence-electron chi connectivity index (χ1n) is 9.76. The second kappa shape index (κ2) is 8.78. The van der Waals surface area contributed by atoms with Gasteiger partial charge in [0.1, 0.15) is 5.82 Å². The Bertz CT molecular complexity index is 1130. The van der Waals surface area contributed by atoms with Gasteiger partial charge >= 0.3 is 6.03 Å². The van der Waals surface area contributed by atoms with Gasteiger partial charge in [-0.1, -0.05) is 30.3 Å². The summed E-state index contributed by atoms with van der Waals surface area (Å²) in [5.41, 5.74) is 1.74. The number of nitrogens with one attached hydrogen (secondary N) is 2. The summed E-state index contributed by atoms with van der Waals surface area (Å²) in [5, 5.41) is 9.34. The first-order valence-corrected chi connectivity index (χ1v) is 9.76. The van der Waals surface area contributed by atoms with Crippen LogP contribution in [0.15, 0.2) is 72.0 Å². The molecule has 31 heavy (non-hydrogen) atoms. The highest BCUT2D eigenvalue weighted by Gasteiger charge is 2.31. The number of hydrogen-bond donors (Lipinski definition) is 2. The van der Waals surface area contributed by atoms with Crippen molar-refractivity contribution in [2.75, 3.05) is 18.5 Å². The van der Waals surface area contributed by atoms with E-state index in [1.165, 1.54) is 11.0 Å². The van der Waals surface area contributed by atoms with Crippen molar-refractivity contribution in [3.63, 3.8) is 0 Å². The molecule has 0 fully saturated rings. The van der Waals surface area contributed by atoms with E-state index in [1.54, 1.807) is 72.7 Å². The maximum Gasteiger partial charge on any atom is 0.316 e. The predicted octanol–water partition coefficient (Wildman–Crippen LogP) is 2.16. The summed E-state index contributed by atoms with van der Waals surface area (Å²) in [6, 6.07) is 14.6. The van der Waals surface area contributed by atoms with Crippen LogP contribution in [-0.4, -0.2) is 47.2 Å². The number of hydrogen-bond acceptors (Lipinski definition) is 4. The van der Waals surface area contributed by atoms with Crippen molar-refractivity contribution in [1.29, 1.82) is 0 Å². The number of fused-ring (bicyclic) bond motifs is 1. The van der Waals surface area contributed by atoms with E-state index in [1.807, 2.05) is 0 Å². The lowest BCUT2D eigenvalue weighted by Gasteiger charge is -2.21. The summed E-state index contributed by atoms with van der Waals surface area (Å²) >= 11 is 0. The number of halogens is 1. The molecule has 9 heteroatoms. The first-order chi connectivity index (χ1) is 15.0. The molecule has 3 aromatic rings. The standard InChI is InChI=1S/C22H21FN6O2/c1-28-18-10-5-3-8-16(18)19(15-7-2-4-9-17(15)23)26-20(21(28)30)27-22(31)24-12-14-29-13-6-11-25-29/h2-11,13,20H,12,14H2,1H3,(H2,24,27,31). The van der Waals surface area contributed by atoms with Crippen LogP contribution >= 0.6 is 0 Å². The molecular weight excluding hydrogens is 399 g/mol. The van der Waals surface area contributed by atoms with Gasteiger partial charge < -0.3 is 15.5 Å². The Morgan fingerprint density at radius 2 is 1.84 bits per heavy atom. The topological polar surface area (TPSA) is 91.6 Å². The number of likely N-dealkylation sites (N-methyl/N-ethyl adjacent to an activating group) is 1. The number of carbonyl (C=O) groups excluding carboxylic acids is 2. The maximum atomic E-state index is 14.6. The third-order valence-corrected chi connectivity index (χ3v) is 4.93. The number of anilines is 1. The Morgan fingerprint density at radius 1 is 1.10 bits per heavy atom. The van der Waals surface area contributed by atoms with Gasteiger partial charge in [0.15, 0.2) is 0 Å². The van der Waals surface area contributed by atoms with Crippen LogP contribution in [0.2, 0.25) is 0 Å². The SMILES string of the molecule is CN1C(=O)C(NC(=O)NCCn2cccn2)N=C(c2ccccc2F)c2ccccc21. The molecule has 2 heterocycles. The quantitative estimate of drug-likeness (QED) is 0.663. The number of benzene rings is 2. The van der Waals surface area contributed by atoms with Gasteiger partial charge in [0.2, 0.25) is 6.17 Å². The fourth-order valence-corrected chi connectivity index (χ4v) is 3.38. The zero-order valence-electron chi connectivity index (χ0n) is 16.8. The highest BCUT2D eigenvalue weighted by Crippen LogP contribution is 2.27. The first kappa shape index (κ1) is 20.3. The lowest BCUT2D eigenvalue weighted by molar-refractivity contribution is -0.119. The van der Waals surface area contributed by atoms with Crippen LogP contribution in [0.5, 0.6) is 0 Å². The molecule has 2 aromatic carbocycles. The smallest absolute Gasteiger partial charge is 0.316 e. The minimum Gasteiger partial charge on any atom is -0.336 e. The highest BCUT2D eigenvalue weighted by molar-refractivity contribution is 6.20. The molecule has 1 atom stereocenters. The van der Waals surface area contributed by atoms with Crippen LogP contribution < -0.4 is 15.5 Å². The average molecular weight is 420 g/mol. The number of carbonyl (C=O) groups is 2. The summed E-state index contributed by atoms with van der Waals surface area (Å²) in [5.74, 6) is -0.892. The number of rotatable bonds is 5. The highest BCUT2D eigenvalue weighted by atomic mass is 19.1. The third kappa shape index (κ3) is 4.30. The molecule has 0 saturated heterocycles. The van der Waals surface area contributed by atoms with Crippen LogP contribution in [0, 0.1) is 5.82 Å². The molecule has 0 radical (unpaired) electrons. The van der Waals surface area contributed by atoms with Crippen molar-refractivity contribution in [1.82, 2.24) is 20.4 Å². The van der Waals surface area contributed by atoms with Crippen LogP contribution in [-0.2, 0) is 11.3 Å². The van der Waals surface area contributed by atoms with Crippen molar-refractivity contribution >= 4 is 23.3 Å². The van der Waals surface area contributed by atoms with Crippen molar-refractivity contribution in [2.45, 2.75) is 12.7 Å². The predicted molar refractivity (Wildman–Crippen MR) is 114 cm³/mol. The Balaban J connectivity index is 1.61. The summed E-state index contributed by atoms with van der Waals surface area (Å²) in [4.78, 5) is 31.3. The number of urea groups is 1.